The summed E-state index contributed by atoms with van der Waals surface area (Å²) in [7, 11) is 4.47. The van der Waals surface area contributed by atoms with Gasteiger partial charge in [0.25, 0.3) is 0 Å². The standard InChI is InChI=1S/C36H26B2N2/c37-19-33-31(25-13-9-23(21-39)10-14-25)17-27-5-1-3-7-29(27)35(33)36-30-8-4-2-6-28(30)18-32(34(36)20-38)26-15-11-24(22-40)12-16-26/h1-18H,19-20,37-38H2. The van der Waals surface area contributed by atoms with E-state index in [1.54, 1.807) is 0 Å². The molecule has 0 aliphatic carbocycles. The van der Waals surface area contributed by atoms with Gasteiger partial charge in [0.05, 0.1) is 23.3 Å². The van der Waals surface area contributed by atoms with Gasteiger partial charge < -0.3 is 0 Å². The maximum Gasteiger partial charge on any atom is 0.107 e. The largest absolute Gasteiger partial charge is 0.192 e. The number of nitrogens with zero attached hydrogens (tertiary/aromatic N) is 2. The van der Waals surface area contributed by atoms with E-state index in [9.17, 15) is 10.5 Å². The van der Waals surface area contributed by atoms with Gasteiger partial charge >= 0.3 is 0 Å². The Morgan fingerprint density at radius 3 is 1.23 bits per heavy atom. The zero-order valence-corrected chi connectivity index (χ0v) is 22.7. The monoisotopic (exact) mass is 508 g/mol. The predicted octanol–water partition coefficient (Wildman–Crippen LogP) is 7.00. The van der Waals surface area contributed by atoms with E-state index < -0.39 is 0 Å². The highest BCUT2D eigenvalue weighted by molar-refractivity contribution is 6.17. The van der Waals surface area contributed by atoms with E-state index >= 15 is 0 Å². The van der Waals surface area contributed by atoms with Crippen LogP contribution in [-0.4, -0.2) is 15.7 Å². The lowest BCUT2D eigenvalue weighted by Crippen LogP contribution is -2.02. The van der Waals surface area contributed by atoms with Gasteiger partial charge in [-0.1, -0.05) is 85.4 Å². The maximum atomic E-state index is 9.38. The number of benzene rings is 6. The van der Waals surface area contributed by atoms with Gasteiger partial charge in [0.1, 0.15) is 15.7 Å². The van der Waals surface area contributed by atoms with Gasteiger partial charge in [-0.2, -0.15) is 10.5 Å². The predicted molar refractivity (Wildman–Crippen MR) is 172 cm³/mol. The summed E-state index contributed by atoms with van der Waals surface area (Å²) >= 11 is 0. The van der Waals surface area contributed by atoms with E-state index in [1.165, 1.54) is 54.9 Å². The van der Waals surface area contributed by atoms with Crippen molar-refractivity contribution in [2.45, 2.75) is 12.6 Å². The van der Waals surface area contributed by atoms with Crippen LogP contribution >= 0.6 is 0 Å². The van der Waals surface area contributed by atoms with Gasteiger partial charge in [-0.05, 0) is 102 Å². The smallest absolute Gasteiger partial charge is 0.107 e. The number of hydrogen-bond acceptors (Lipinski definition) is 2. The van der Waals surface area contributed by atoms with Crippen LogP contribution in [-0.2, 0) is 12.6 Å². The molecule has 0 saturated carbocycles. The molecule has 6 aromatic rings. The molecule has 0 radical (unpaired) electrons. The Morgan fingerprint density at radius 2 is 0.875 bits per heavy atom. The minimum absolute atomic E-state index is 0.664. The van der Waals surface area contributed by atoms with Crippen LogP contribution in [0.15, 0.2) is 109 Å². The molecule has 0 aliphatic rings. The summed E-state index contributed by atoms with van der Waals surface area (Å²) in [6.07, 6.45) is 1.74. The third-order valence-corrected chi connectivity index (χ3v) is 7.92. The first-order valence-electron chi connectivity index (χ1n) is 13.8. The molecule has 4 heteroatoms. The van der Waals surface area contributed by atoms with Crippen molar-refractivity contribution in [1.29, 1.82) is 10.5 Å². The van der Waals surface area contributed by atoms with Crippen molar-refractivity contribution in [1.82, 2.24) is 0 Å². The molecule has 0 bridgehead atoms. The van der Waals surface area contributed by atoms with Gasteiger partial charge in [0.15, 0.2) is 0 Å². The fourth-order valence-corrected chi connectivity index (χ4v) is 6.05. The summed E-state index contributed by atoms with van der Waals surface area (Å²) < 4.78 is 0. The second kappa shape index (κ2) is 10.6. The van der Waals surface area contributed by atoms with Crippen LogP contribution < -0.4 is 0 Å². The molecule has 186 valence electrons. The lowest BCUT2D eigenvalue weighted by Gasteiger charge is -2.24. The summed E-state index contributed by atoms with van der Waals surface area (Å²) in [4.78, 5) is 0. The molecule has 40 heavy (non-hydrogen) atoms. The Hall–Kier alpha value is -5.05. The third-order valence-electron chi connectivity index (χ3n) is 7.92. The first kappa shape index (κ1) is 25.2. The van der Waals surface area contributed by atoms with E-state index in [0.717, 1.165) is 23.8 Å². The Bertz CT molecular complexity index is 1830. The molecule has 0 aromatic heterocycles. The average Bonchev–Trinajstić information content (AvgIpc) is 3.03. The number of rotatable bonds is 5. The summed E-state index contributed by atoms with van der Waals surface area (Å²) in [6.45, 7) is 0. The van der Waals surface area contributed by atoms with Crippen LogP contribution in [0, 0.1) is 22.7 Å². The van der Waals surface area contributed by atoms with E-state index in [-0.39, 0.29) is 0 Å². The first-order valence-corrected chi connectivity index (χ1v) is 13.8. The topological polar surface area (TPSA) is 47.6 Å². The summed E-state index contributed by atoms with van der Waals surface area (Å²) in [6, 6.07) is 42.3. The fraction of sp³-hybridized carbons (Fsp3) is 0.0556. The van der Waals surface area contributed by atoms with E-state index in [1.807, 2.05) is 24.3 Å². The minimum Gasteiger partial charge on any atom is -0.192 e. The molecule has 6 rings (SSSR count). The third kappa shape index (κ3) is 4.25. The van der Waals surface area contributed by atoms with Crippen molar-refractivity contribution in [3.8, 4) is 45.5 Å². The Balaban J connectivity index is 1.76. The van der Waals surface area contributed by atoms with Crippen LogP contribution in [0.1, 0.15) is 22.3 Å². The summed E-state index contributed by atoms with van der Waals surface area (Å²) in [5.74, 6) is 0. The molecule has 0 atom stereocenters. The summed E-state index contributed by atoms with van der Waals surface area (Å²) in [5, 5.41) is 23.6. The second-order valence-electron chi connectivity index (χ2n) is 10.1. The highest BCUT2D eigenvalue weighted by Gasteiger charge is 2.22. The van der Waals surface area contributed by atoms with Crippen molar-refractivity contribution in [2.75, 3.05) is 0 Å². The molecular weight excluding hydrogens is 482 g/mol. The maximum absolute atomic E-state index is 9.38. The number of hydrogen-bond donors (Lipinski definition) is 0. The molecule has 0 aliphatic heterocycles. The molecule has 0 heterocycles. The molecule has 6 aromatic carbocycles. The Labute approximate surface area is 237 Å². The molecule has 2 nitrogen and oxygen atoms in total. The van der Waals surface area contributed by atoms with E-state index in [2.05, 4.69) is 113 Å². The number of fused-ring (bicyclic) bond motifs is 2. The first-order chi connectivity index (χ1) is 19.7. The van der Waals surface area contributed by atoms with Gasteiger partial charge in [0.2, 0.25) is 0 Å². The van der Waals surface area contributed by atoms with Crippen molar-refractivity contribution < 1.29 is 0 Å². The second-order valence-corrected chi connectivity index (χ2v) is 10.1. The Morgan fingerprint density at radius 1 is 0.500 bits per heavy atom. The molecule has 0 N–H and O–H groups in total. The van der Waals surface area contributed by atoms with Gasteiger partial charge in [0, 0.05) is 0 Å². The Kier molecular flexibility index (Phi) is 6.69. The normalized spacial score (nSPS) is 10.8. The van der Waals surface area contributed by atoms with E-state index in [4.69, 9.17) is 0 Å². The van der Waals surface area contributed by atoms with Crippen LogP contribution in [0.5, 0.6) is 0 Å². The fourth-order valence-electron chi connectivity index (χ4n) is 6.05. The van der Waals surface area contributed by atoms with Crippen molar-refractivity contribution in [2.24, 2.45) is 0 Å². The molecule has 0 unspecified atom stereocenters. The average molecular weight is 508 g/mol. The molecular formula is C36H26B2N2. The SMILES string of the molecule is BCc1c(-c2ccc(C#N)cc2)cc2ccccc2c1-c1c(CB)c(-c2ccc(C#N)cc2)cc2ccccc12. The van der Waals surface area contributed by atoms with Gasteiger partial charge in [-0.25, -0.2) is 0 Å². The highest BCUT2D eigenvalue weighted by Crippen LogP contribution is 2.45. The lowest BCUT2D eigenvalue weighted by atomic mass is 9.76. The van der Waals surface area contributed by atoms with Crippen LogP contribution in [0.3, 0.4) is 0 Å². The van der Waals surface area contributed by atoms with Crippen molar-refractivity contribution in [3.05, 3.63) is 131 Å². The van der Waals surface area contributed by atoms with Crippen LogP contribution in [0.25, 0.3) is 54.9 Å². The zero-order chi connectivity index (χ0) is 27.6. The molecule has 0 saturated heterocycles. The zero-order valence-electron chi connectivity index (χ0n) is 22.7. The van der Waals surface area contributed by atoms with Crippen molar-refractivity contribution >= 4 is 37.2 Å². The highest BCUT2D eigenvalue weighted by atomic mass is 14.3. The van der Waals surface area contributed by atoms with Crippen LogP contribution in [0.2, 0.25) is 0 Å². The quantitative estimate of drug-likeness (QED) is 0.236. The summed E-state index contributed by atoms with van der Waals surface area (Å²) in [5.41, 5.74) is 11.1. The van der Waals surface area contributed by atoms with Gasteiger partial charge in [-0.15, -0.1) is 0 Å². The lowest BCUT2D eigenvalue weighted by molar-refractivity contribution is 1.37. The van der Waals surface area contributed by atoms with Crippen molar-refractivity contribution in [3.63, 3.8) is 0 Å². The molecule has 0 amide bonds. The molecule has 0 fully saturated rings. The minimum atomic E-state index is 0.664. The number of nitriles is 2. The van der Waals surface area contributed by atoms with Crippen LogP contribution in [0.4, 0.5) is 0 Å². The van der Waals surface area contributed by atoms with E-state index in [0.29, 0.717) is 11.1 Å². The van der Waals surface area contributed by atoms with Gasteiger partial charge in [-0.3, -0.25) is 0 Å². The molecule has 0 spiro atoms.